The highest BCUT2D eigenvalue weighted by atomic mass is 16.5. The lowest BCUT2D eigenvalue weighted by Gasteiger charge is -2.32. The molecule has 16 heteroatoms. The molecule has 0 spiro atoms. The van der Waals surface area contributed by atoms with Gasteiger partial charge in [0.15, 0.2) is 0 Å². The van der Waals surface area contributed by atoms with Crippen LogP contribution in [0.25, 0.3) is 111 Å². The number of anilines is 2. The Balaban J connectivity index is 0.878. The van der Waals surface area contributed by atoms with Gasteiger partial charge in [-0.25, -0.2) is 19.8 Å². The van der Waals surface area contributed by atoms with Crippen LogP contribution in [0, 0.1) is 0 Å². The van der Waals surface area contributed by atoms with Crippen molar-refractivity contribution in [2.75, 3.05) is 9.80 Å². The van der Waals surface area contributed by atoms with Crippen LogP contribution >= 0.6 is 0 Å². The van der Waals surface area contributed by atoms with Crippen molar-refractivity contribution in [3.05, 3.63) is 336 Å². The van der Waals surface area contributed by atoms with Crippen LogP contribution in [0.5, 0.6) is 46.0 Å². The number of rotatable bonds is 16. The SMILES string of the molecule is CC(C)(C)c1ccc(Oc2cc3c4c(cc(Oc5ccc(C(C)(C)C)cc5)c5c6c(Oc7ccc(C(C)(C)C)cc7)cc7c8c(cc(Oc9ccc(C(C)(C)C)cc9)c(c2c45)c86)C(=O)N(c2ccc(-c4cc(-c5ccccn5)nc(-c5ccccn5)c4)cc2)C7=O)C(=O)N(c2ccc(-c4cc(-c5ccccn5)nc(-c5ccccn5)c4)cc2)C3=O)cc1. The van der Waals surface area contributed by atoms with Crippen LogP contribution in [-0.4, -0.2) is 53.5 Å². The number of imide groups is 2. The summed E-state index contributed by atoms with van der Waals surface area (Å²) in [5, 5.41) is 2.85. The van der Waals surface area contributed by atoms with Crippen molar-refractivity contribution >= 4 is 78.1 Å². The Kier molecular flexibility index (Phi) is 18.7. The Morgan fingerprint density at radius 3 is 0.664 bits per heavy atom. The molecule has 0 unspecified atom stereocenters. The van der Waals surface area contributed by atoms with Gasteiger partial charge in [0, 0.05) is 67.9 Å². The standard InChI is InChI=1S/C106H84N8O8/c1-103(2,3)65-29-41-71(42-30-65)119-87-57-75-91-76(100(116)113(99(75)115)69-37-25-61(26-38-69)63-53-83(79-21-13-17-49-107-79)111-84(54-63)80-22-14-18-50-108-80)59-89(121-73-45-33-67(34-46-73)105(7,8)9)95-96-90(122-74-47-35-68(36-48-74)106(10,11)12)60-78-92-77(58-88(94(98(92)96)93(87)97(91)95)120-72-43-31-66(32-44-72)104(4,5)6)101(117)114(102(78)118)70-39-27-62(28-40-70)64-55-85(81-23-15-19-51-109-81)112-86(56-64)82-24-16-20-52-110-82/h13-60H,1-12H3. The minimum atomic E-state index is -0.638. The average molecular weight is 1600 g/mol. The van der Waals surface area contributed by atoms with Gasteiger partial charge < -0.3 is 18.9 Å². The Labute approximate surface area is 706 Å². The molecule has 8 heterocycles. The summed E-state index contributed by atoms with van der Waals surface area (Å²) < 4.78 is 29.9. The second kappa shape index (κ2) is 29.6. The van der Waals surface area contributed by atoms with E-state index in [1.54, 1.807) is 73.3 Å². The van der Waals surface area contributed by atoms with Gasteiger partial charge in [-0.15, -0.1) is 0 Å². The van der Waals surface area contributed by atoms with Gasteiger partial charge in [-0.2, -0.15) is 0 Å². The third-order valence-electron chi connectivity index (χ3n) is 23.0. The zero-order valence-electron chi connectivity index (χ0n) is 69.6. The maximum absolute atomic E-state index is 16.6. The molecule has 16 nitrogen and oxygen atoms in total. The molecule has 0 aliphatic carbocycles. The molecule has 596 valence electrons. The highest BCUT2D eigenvalue weighted by molar-refractivity contribution is 6.48. The number of ether oxygens (including phenoxy) is 4. The van der Waals surface area contributed by atoms with Crippen LogP contribution in [0.1, 0.15) is 147 Å². The first-order valence-corrected chi connectivity index (χ1v) is 40.8. The minimum Gasteiger partial charge on any atom is -0.457 e. The van der Waals surface area contributed by atoms with E-state index in [-0.39, 0.29) is 78.3 Å². The van der Waals surface area contributed by atoms with Crippen LogP contribution < -0.4 is 28.7 Å². The zero-order chi connectivity index (χ0) is 84.4. The molecular formula is C106H84N8O8. The number of aromatic nitrogens is 6. The van der Waals surface area contributed by atoms with E-state index in [0.29, 0.717) is 112 Å². The van der Waals surface area contributed by atoms with Crippen molar-refractivity contribution in [2.24, 2.45) is 0 Å². The first-order valence-electron chi connectivity index (χ1n) is 40.8. The maximum Gasteiger partial charge on any atom is 0.266 e. The number of hydrogen-bond acceptors (Lipinski definition) is 14. The lowest BCUT2D eigenvalue weighted by molar-refractivity contribution is 0.0877. The van der Waals surface area contributed by atoms with Gasteiger partial charge in [0.1, 0.15) is 46.0 Å². The fourth-order valence-electron chi connectivity index (χ4n) is 16.5. The first kappa shape index (κ1) is 77.0. The predicted molar refractivity (Wildman–Crippen MR) is 483 cm³/mol. The van der Waals surface area contributed by atoms with Crippen LogP contribution in [0.4, 0.5) is 11.4 Å². The summed E-state index contributed by atoms with van der Waals surface area (Å²) in [4.78, 5) is 97.7. The Hall–Kier alpha value is -14.9. The first-order chi connectivity index (χ1) is 58.6. The monoisotopic (exact) mass is 1600 g/mol. The molecular weight excluding hydrogens is 1510 g/mol. The highest BCUT2D eigenvalue weighted by Crippen LogP contribution is 2.59. The van der Waals surface area contributed by atoms with Gasteiger partial charge >= 0.3 is 0 Å². The summed E-state index contributed by atoms with van der Waals surface area (Å²) in [6.07, 6.45) is 6.91. The van der Waals surface area contributed by atoms with Crippen LogP contribution in [0.15, 0.2) is 292 Å². The Bertz CT molecular complexity index is 6260. The van der Waals surface area contributed by atoms with E-state index in [2.05, 4.69) is 103 Å². The van der Waals surface area contributed by atoms with E-state index in [9.17, 15) is 0 Å². The van der Waals surface area contributed by atoms with Gasteiger partial charge in [-0.05, 0) is 236 Å². The third-order valence-corrected chi connectivity index (χ3v) is 23.0. The molecule has 2 aliphatic rings. The molecule has 0 bridgehead atoms. The molecule has 0 saturated carbocycles. The smallest absolute Gasteiger partial charge is 0.266 e. The van der Waals surface area contributed by atoms with Crippen molar-refractivity contribution < 1.29 is 38.1 Å². The molecule has 17 aromatic rings. The van der Waals surface area contributed by atoms with E-state index < -0.39 is 23.6 Å². The Morgan fingerprint density at radius 2 is 0.459 bits per heavy atom. The number of benzene rings is 11. The second-order valence-electron chi connectivity index (χ2n) is 35.3. The lowest BCUT2D eigenvalue weighted by Crippen LogP contribution is -2.40. The molecule has 0 atom stereocenters. The topological polar surface area (TPSA) is 189 Å². The molecule has 122 heavy (non-hydrogen) atoms. The quantitative estimate of drug-likeness (QED) is 0.0504. The van der Waals surface area contributed by atoms with Crippen LogP contribution in [-0.2, 0) is 21.7 Å². The molecule has 0 saturated heterocycles. The molecule has 11 aromatic carbocycles. The van der Waals surface area contributed by atoms with Crippen LogP contribution in [0.2, 0.25) is 0 Å². The van der Waals surface area contributed by atoms with Crippen molar-refractivity contribution in [3.63, 3.8) is 0 Å². The van der Waals surface area contributed by atoms with E-state index in [4.69, 9.17) is 28.9 Å². The molecule has 4 amide bonds. The number of hydrogen-bond donors (Lipinski definition) is 0. The van der Waals surface area contributed by atoms with Crippen molar-refractivity contribution in [1.29, 1.82) is 0 Å². The number of pyridine rings is 6. The van der Waals surface area contributed by atoms with Crippen LogP contribution in [0.3, 0.4) is 0 Å². The van der Waals surface area contributed by atoms with Gasteiger partial charge in [0.2, 0.25) is 0 Å². The summed E-state index contributed by atoms with van der Waals surface area (Å²) in [7, 11) is 0. The molecule has 2 aliphatic heterocycles. The maximum atomic E-state index is 16.6. The summed E-state index contributed by atoms with van der Waals surface area (Å²) >= 11 is 0. The lowest BCUT2D eigenvalue weighted by atomic mass is 9.80. The van der Waals surface area contributed by atoms with Crippen molar-refractivity contribution in [2.45, 2.75) is 105 Å². The second-order valence-corrected chi connectivity index (χ2v) is 35.3. The fourth-order valence-corrected chi connectivity index (χ4v) is 16.5. The molecule has 0 fully saturated rings. The number of carbonyl (C=O) groups excluding carboxylic acids is 4. The van der Waals surface area contributed by atoms with E-state index in [1.165, 1.54) is 9.80 Å². The van der Waals surface area contributed by atoms with E-state index in [1.807, 2.05) is 218 Å². The summed E-state index contributed by atoms with van der Waals surface area (Å²) in [6, 6.07) is 83.5. The van der Waals surface area contributed by atoms with Gasteiger partial charge in [0.05, 0.1) is 79.2 Å². The third kappa shape index (κ3) is 14.0. The van der Waals surface area contributed by atoms with E-state index in [0.717, 1.165) is 44.5 Å². The van der Waals surface area contributed by atoms with Crippen molar-refractivity contribution in [1.82, 2.24) is 29.9 Å². The number of carbonyl (C=O) groups is 4. The predicted octanol–water partition coefficient (Wildman–Crippen LogP) is 26.1. The largest absolute Gasteiger partial charge is 0.457 e. The number of fused-ring (bicyclic) bond motifs is 2. The number of nitrogens with zero attached hydrogens (tertiary/aromatic N) is 8. The minimum absolute atomic E-state index is 0.132. The van der Waals surface area contributed by atoms with Gasteiger partial charge in [-0.1, -0.05) is 180 Å². The Morgan fingerprint density at radius 1 is 0.230 bits per heavy atom. The molecule has 19 rings (SSSR count). The summed E-state index contributed by atoms with van der Waals surface area (Å²) in [5.41, 5.74) is 12.6. The average Bonchev–Trinajstić information content (AvgIpc) is 0.668. The fraction of sp³-hybridized carbons (Fsp3) is 0.151. The normalized spacial score (nSPS) is 13.1. The highest BCUT2D eigenvalue weighted by Gasteiger charge is 2.43. The molecule has 6 aromatic heterocycles. The van der Waals surface area contributed by atoms with Crippen molar-refractivity contribution in [3.8, 4) is 114 Å². The summed E-state index contributed by atoms with van der Waals surface area (Å²) in [6.45, 7) is 25.7. The number of amides is 4. The summed E-state index contributed by atoms with van der Waals surface area (Å²) in [5.74, 6) is -0.143. The molecule has 0 N–H and O–H groups in total. The van der Waals surface area contributed by atoms with Gasteiger partial charge in [-0.3, -0.25) is 39.1 Å². The zero-order valence-corrected chi connectivity index (χ0v) is 69.6. The van der Waals surface area contributed by atoms with Gasteiger partial charge in [0.25, 0.3) is 23.6 Å². The molecule has 0 radical (unpaired) electrons. The van der Waals surface area contributed by atoms with E-state index >= 15 is 19.2 Å².